The Hall–Kier alpha value is -5.29. The van der Waals surface area contributed by atoms with Crippen molar-refractivity contribution in [2.24, 2.45) is 0 Å². The number of carbonyl (C=O) groups excluding carboxylic acids is 2. The van der Waals surface area contributed by atoms with E-state index in [-0.39, 0.29) is 36.3 Å². The number of para-hydroxylation sites is 2. The van der Waals surface area contributed by atoms with Gasteiger partial charge in [-0.05, 0) is 53.5 Å². The van der Waals surface area contributed by atoms with Crippen LogP contribution in [0, 0.1) is 0 Å². The Morgan fingerprint density at radius 1 is 0.558 bits per heavy atom. The molecule has 0 N–H and O–H groups in total. The summed E-state index contributed by atoms with van der Waals surface area (Å²) in [6.45, 7) is 20.0. The maximum absolute atomic E-state index is 14.5. The number of pyridine rings is 1. The number of amides is 2. The molecule has 2 amide bonds. The summed E-state index contributed by atoms with van der Waals surface area (Å²) in [6, 6.07) is 23.0. The van der Waals surface area contributed by atoms with Crippen LogP contribution < -0.4 is 9.80 Å². The summed E-state index contributed by atoms with van der Waals surface area (Å²) < 4.78 is 0. The fourth-order valence-corrected chi connectivity index (χ4v) is 5.31. The normalized spacial score (nSPS) is 10.5. The van der Waals surface area contributed by atoms with Crippen molar-refractivity contribution < 1.29 is 9.59 Å². The van der Waals surface area contributed by atoms with Gasteiger partial charge in [0.2, 0.25) is 0 Å². The minimum absolute atomic E-state index is 0.194. The molecular formula is C38H37N3O2. The van der Waals surface area contributed by atoms with E-state index in [1.165, 1.54) is 0 Å². The third-order valence-corrected chi connectivity index (χ3v) is 7.18. The van der Waals surface area contributed by atoms with Gasteiger partial charge in [-0.2, -0.15) is 0 Å². The second-order valence-electron chi connectivity index (χ2n) is 9.98. The van der Waals surface area contributed by atoms with Gasteiger partial charge in [-0.25, -0.2) is 4.98 Å². The van der Waals surface area contributed by atoms with E-state index < -0.39 is 0 Å². The van der Waals surface area contributed by atoms with E-state index in [1.54, 1.807) is 28.0 Å². The van der Waals surface area contributed by atoms with Gasteiger partial charge in [0.15, 0.2) is 0 Å². The van der Waals surface area contributed by atoms with Crippen molar-refractivity contribution in [3.63, 3.8) is 0 Å². The number of carbonyl (C=O) groups is 2. The van der Waals surface area contributed by atoms with Gasteiger partial charge in [-0.1, -0.05) is 91.0 Å². The van der Waals surface area contributed by atoms with Crippen LogP contribution in [0.2, 0.25) is 0 Å². The smallest absolute Gasteiger partial charge is 0.277 e. The maximum Gasteiger partial charge on any atom is 0.277 e. The van der Waals surface area contributed by atoms with E-state index >= 15 is 0 Å². The second-order valence-corrected chi connectivity index (χ2v) is 9.98. The molecule has 0 aliphatic heterocycles. The topological polar surface area (TPSA) is 53.5 Å². The molecule has 3 aromatic carbocycles. The van der Waals surface area contributed by atoms with Crippen LogP contribution in [0.3, 0.4) is 0 Å². The van der Waals surface area contributed by atoms with E-state index in [0.29, 0.717) is 30.2 Å². The molecular weight excluding hydrogens is 530 g/mol. The highest BCUT2D eigenvalue weighted by Gasteiger charge is 2.29. The molecule has 4 aromatic rings. The quantitative estimate of drug-likeness (QED) is 0.145. The molecule has 0 atom stereocenters. The number of fused-ring (bicyclic) bond motifs is 1. The molecule has 1 heterocycles. The predicted octanol–water partition coefficient (Wildman–Crippen LogP) is 8.09. The molecule has 0 radical (unpaired) electrons. The SMILES string of the molecule is C=CCc1ccccc1N(CC=C)C(=O)c1nc(C(=O)N(CC=C)c2ccccc2CC=C)c2ccccc2c1CC=C. The average Bonchev–Trinajstić information content (AvgIpc) is 3.03. The third-order valence-electron chi connectivity index (χ3n) is 7.18. The number of benzene rings is 3. The molecule has 0 aliphatic carbocycles. The van der Waals surface area contributed by atoms with Crippen molar-refractivity contribution >= 4 is 34.0 Å². The number of rotatable bonds is 14. The van der Waals surface area contributed by atoms with Gasteiger partial charge in [0.25, 0.3) is 11.8 Å². The summed E-state index contributed by atoms with van der Waals surface area (Å²) in [5.41, 5.74) is 4.50. The summed E-state index contributed by atoms with van der Waals surface area (Å²) >= 11 is 0. The van der Waals surface area contributed by atoms with Gasteiger partial charge in [0.1, 0.15) is 11.4 Å². The largest absolute Gasteiger partial charge is 0.303 e. The number of allylic oxidation sites excluding steroid dienone is 3. The average molecular weight is 568 g/mol. The Kier molecular flexibility index (Phi) is 10.4. The first-order valence-electron chi connectivity index (χ1n) is 14.3. The summed E-state index contributed by atoms with van der Waals surface area (Å²) in [6.07, 6.45) is 10.3. The van der Waals surface area contributed by atoms with E-state index in [4.69, 9.17) is 4.98 Å². The first kappa shape index (κ1) is 30.7. The van der Waals surface area contributed by atoms with Crippen LogP contribution in [0.5, 0.6) is 0 Å². The van der Waals surface area contributed by atoms with Gasteiger partial charge in [-0.15, -0.1) is 32.9 Å². The van der Waals surface area contributed by atoms with Crippen LogP contribution in [0.1, 0.15) is 37.7 Å². The van der Waals surface area contributed by atoms with Crippen LogP contribution >= 0.6 is 0 Å². The Morgan fingerprint density at radius 2 is 1.00 bits per heavy atom. The van der Waals surface area contributed by atoms with Crippen molar-refractivity contribution in [2.45, 2.75) is 19.3 Å². The van der Waals surface area contributed by atoms with Gasteiger partial charge < -0.3 is 9.80 Å². The zero-order valence-electron chi connectivity index (χ0n) is 24.5. The molecule has 43 heavy (non-hydrogen) atoms. The minimum atomic E-state index is -0.325. The lowest BCUT2D eigenvalue weighted by Crippen LogP contribution is -2.36. The molecule has 4 rings (SSSR count). The van der Waals surface area contributed by atoms with Gasteiger partial charge >= 0.3 is 0 Å². The first-order chi connectivity index (χ1) is 21.0. The molecule has 0 aliphatic rings. The number of anilines is 2. The fraction of sp³-hybridized carbons (Fsp3) is 0.132. The lowest BCUT2D eigenvalue weighted by molar-refractivity contribution is 0.0981. The Morgan fingerprint density at radius 3 is 1.49 bits per heavy atom. The fourth-order valence-electron chi connectivity index (χ4n) is 5.31. The molecule has 5 heteroatoms. The number of aromatic nitrogens is 1. The van der Waals surface area contributed by atoms with E-state index in [9.17, 15) is 9.59 Å². The summed E-state index contributed by atoms with van der Waals surface area (Å²) in [4.78, 5) is 37.2. The zero-order chi connectivity index (χ0) is 30.8. The molecule has 0 saturated heterocycles. The molecule has 5 nitrogen and oxygen atoms in total. The lowest BCUT2D eigenvalue weighted by atomic mass is 9.97. The standard InChI is InChI=1S/C38H37N3O2/c1-6-17-28-20-11-15-24-33(28)40(26-9-4)37(42)35-31(19-8-3)30-22-13-14-23-32(30)36(39-35)38(43)41(27-10-5)34-25-16-12-21-29(34)18-7-2/h6-16,20-25H,1-5,17-19,26-27H2. The highest BCUT2D eigenvalue weighted by Crippen LogP contribution is 2.31. The minimum Gasteiger partial charge on any atom is -0.303 e. The molecule has 0 saturated carbocycles. The van der Waals surface area contributed by atoms with Crippen molar-refractivity contribution in [2.75, 3.05) is 22.9 Å². The van der Waals surface area contributed by atoms with E-state index in [2.05, 4.69) is 32.9 Å². The van der Waals surface area contributed by atoms with Gasteiger partial charge in [0, 0.05) is 29.9 Å². The molecule has 0 fully saturated rings. The van der Waals surface area contributed by atoms with Crippen molar-refractivity contribution in [3.05, 3.63) is 164 Å². The zero-order valence-corrected chi connectivity index (χ0v) is 24.5. The van der Waals surface area contributed by atoms with E-state index in [1.807, 2.05) is 84.9 Å². The van der Waals surface area contributed by atoms with Crippen molar-refractivity contribution in [3.8, 4) is 0 Å². The highest BCUT2D eigenvalue weighted by molar-refractivity contribution is 6.16. The lowest BCUT2D eigenvalue weighted by Gasteiger charge is -2.27. The third kappa shape index (κ3) is 6.47. The monoisotopic (exact) mass is 567 g/mol. The summed E-state index contributed by atoms with van der Waals surface area (Å²) in [5.74, 6) is -0.649. The van der Waals surface area contributed by atoms with Crippen molar-refractivity contribution in [1.82, 2.24) is 4.98 Å². The van der Waals surface area contributed by atoms with E-state index in [0.717, 1.165) is 27.9 Å². The molecule has 216 valence electrons. The number of nitrogens with zero attached hydrogens (tertiary/aromatic N) is 3. The molecule has 0 bridgehead atoms. The predicted molar refractivity (Wildman–Crippen MR) is 180 cm³/mol. The second kappa shape index (κ2) is 14.6. The number of hydrogen-bond donors (Lipinski definition) is 0. The molecule has 1 aromatic heterocycles. The number of hydrogen-bond acceptors (Lipinski definition) is 3. The van der Waals surface area contributed by atoms with Crippen LogP contribution in [0.25, 0.3) is 10.8 Å². The van der Waals surface area contributed by atoms with Crippen molar-refractivity contribution in [1.29, 1.82) is 0 Å². The van der Waals surface area contributed by atoms with Crippen LogP contribution in [0.15, 0.2) is 136 Å². The maximum atomic E-state index is 14.5. The van der Waals surface area contributed by atoms with Crippen LogP contribution in [0.4, 0.5) is 11.4 Å². The molecule has 0 unspecified atom stereocenters. The van der Waals surface area contributed by atoms with Gasteiger partial charge in [-0.3, -0.25) is 9.59 Å². The Bertz CT molecular complexity index is 1700. The van der Waals surface area contributed by atoms with Gasteiger partial charge in [0.05, 0.1) is 0 Å². The Balaban J connectivity index is 1.97. The highest BCUT2D eigenvalue weighted by atomic mass is 16.2. The summed E-state index contributed by atoms with van der Waals surface area (Å²) in [7, 11) is 0. The summed E-state index contributed by atoms with van der Waals surface area (Å²) in [5, 5.41) is 1.44. The first-order valence-corrected chi connectivity index (χ1v) is 14.3. The van der Waals surface area contributed by atoms with Crippen LogP contribution in [-0.2, 0) is 19.3 Å². The molecule has 0 spiro atoms. The Labute approximate surface area is 254 Å². The van der Waals surface area contributed by atoms with Crippen LogP contribution in [-0.4, -0.2) is 29.9 Å².